The van der Waals surface area contributed by atoms with Crippen LogP contribution in [0.15, 0.2) is 522 Å². The minimum absolute atomic E-state index is 1.10. The minimum Gasteiger partial charge on any atom is -0.0616 e. The van der Waals surface area contributed by atoms with Crippen LogP contribution in [0.5, 0.6) is 0 Å². The summed E-state index contributed by atoms with van der Waals surface area (Å²) in [5.74, 6) is 0. The van der Waals surface area contributed by atoms with Crippen molar-refractivity contribution in [3.63, 3.8) is 0 Å². The largest absolute Gasteiger partial charge is 0.0616 e. The van der Waals surface area contributed by atoms with Gasteiger partial charge in [0.1, 0.15) is 0 Å². The number of fused-ring (bicyclic) bond motifs is 12. The first-order chi connectivity index (χ1) is 68.4. The van der Waals surface area contributed by atoms with Crippen molar-refractivity contribution in [1.29, 1.82) is 0 Å². The van der Waals surface area contributed by atoms with Gasteiger partial charge in [0.2, 0.25) is 0 Å². The summed E-state index contributed by atoms with van der Waals surface area (Å²) in [6.45, 7) is 0. The summed E-state index contributed by atoms with van der Waals surface area (Å²) in [7, 11) is 0. The van der Waals surface area contributed by atoms with Gasteiger partial charge in [0, 0.05) is 0 Å². The highest BCUT2D eigenvalue weighted by molar-refractivity contribution is 6.25. The first-order valence-electron chi connectivity index (χ1n) is 48.0. The van der Waals surface area contributed by atoms with Crippen LogP contribution in [0.2, 0.25) is 0 Å². The van der Waals surface area contributed by atoms with Gasteiger partial charge in [-0.25, -0.2) is 0 Å². The molecule has 0 saturated heterocycles. The van der Waals surface area contributed by atoms with Crippen LogP contribution < -0.4 is 0 Å². The zero-order chi connectivity index (χ0) is 90.8. The second kappa shape index (κ2) is 33.1. The Morgan fingerprint density at radius 3 is 0.464 bits per heavy atom. The molecule has 0 heterocycles. The Kier molecular flexibility index (Phi) is 19.1. The molecule has 0 spiro atoms. The van der Waals surface area contributed by atoms with Crippen LogP contribution in [0, 0.1) is 0 Å². The van der Waals surface area contributed by atoms with Crippen LogP contribution in [0.25, 0.3) is 285 Å². The van der Waals surface area contributed by atoms with Crippen molar-refractivity contribution in [2.75, 3.05) is 0 Å². The van der Waals surface area contributed by atoms with Crippen molar-refractivity contribution < 1.29 is 0 Å². The van der Waals surface area contributed by atoms with E-state index in [1.165, 1.54) is 174 Å². The summed E-state index contributed by atoms with van der Waals surface area (Å²) in [5.41, 5.74) is 32.4. The molecule has 0 aliphatic heterocycles. The van der Waals surface area contributed by atoms with Crippen LogP contribution in [-0.4, -0.2) is 0 Å². The summed E-state index contributed by atoms with van der Waals surface area (Å²) in [6, 6.07) is 198. The molecule has 0 N–H and O–H groups in total. The fraction of sp³-hybridized carbons (Fsp3) is 0. The van der Waals surface area contributed by atoms with Gasteiger partial charge in [-0.15, -0.1) is 0 Å². The molecule has 0 nitrogen and oxygen atoms in total. The van der Waals surface area contributed by atoms with Gasteiger partial charge < -0.3 is 0 Å². The minimum atomic E-state index is 1.10. The molecule has 27 rings (SSSR count). The Labute approximate surface area is 800 Å². The van der Waals surface area contributed by atoms with Gasteiger partial charge in [0.05, 0.1) is 0 Å². The number of rotatable bonds is 14. The molecule has 0 aliphatic carbocycles. The summed E-state index contributed by atoms with van der Waals surface area (Å²) in [5, 5.41) is 28.7. The van der Waals surface area contributed by atoms with E-state index in [9.17, 15) is 0 Å². The van der Waals surface area contributed by atoms with Crippen LogP contribution in [-0.2, 0) is 0 Å². The Morgan fingerprint density at radius 2 is 0.217 bits per heavy atom. The van der Waals surface area contributed by atoms with E-state index in [2.05, 4.69) is 522 Å². The number of hydrogen-bond acceptors (Lipinski definition) is 0. The summed E-state index contributed by atoms with van der Waals surface area (Å²) in [6.07, 6.45) is 0. The van der Waals surface area contributed by atoms with Crippen molar-refractivity contribution in [3.05, 3.63) is 522 Å². The molecular weight excluding hydrogens is 1660 g/mol. The third kappa shape index (κ3) is 13.5. The molecule has 0 fully saturated rings. The Bertz CT molecular complexity index is 8790. The molecule has 638 valence electrons. The lowest BCUT2D eigenvalue weighted by molar-refractivity contribution is 1.56. The zero-order valence-corrected chi connectivity index (χ0v) is 75.7. The normalized spacial score (nSPS) is 11.8. The first kappa shape index (κ1) is 79.8. The van der Waals surface area contributed by atoms with Gasteiger partial charge in [-0.3, -0.25) is 0 Å². The average Bonchev–Trinajstić information content (AvgIpc) is 0.738. The van der Waals surface area contributed by atoms with Crippen LogP contribution >= 0.6 is 0 Å². The monoisotopic (exact) mass is 1740 g/mol. The lowest BCUT2D eigenvalue weighted by atomic mass is 9.81. The van der Waals surface area contributed by atoms with E-state index < -0.39 is 0 Å². The molecule has 0 atom stereocenters. The van der Waals surface area contributed by atoms with Crippen LogP contribution in [0.4, 0.5) is 0 Å². The molecule has 0 heteroatoms. The first-order valence-corrected chi connectivity index (χ1v) is 48.0. The molecule has 0 saturated carbocycles. The molecule has 27 aromatic rings. The Balaban J connectivity index is 0.748. The zero-order valence-electron chi connectivity index (χ0n) is 75.7. The van der Waals surface area contributed by atoms with Crippen molar-refractivity contribution in [1.82, 2.24) is 0 Å². The van der Waals surface area contributed by atoms with E-state index in [0.29, 0.717) is 0 Å². The molecule has 0 aliphatic rings. The van der Waals surface area contributed by atoms with Gasteiger partial charge in [-0.1, -0.05) is 449 Å². The van der Waals surface area contributed by atoms with Crippen molar-refractivity contribution in [3.8, 4) is 156 Å². The molecule has 0 aromatic heterocycles. The molecule has 0 radical (unpaired) electrons. The predicted molar refractivity (Wildman–Crippen MR) is 593 cm³/mol. The molecular formula is C138H86. The van der Waals surface area contributed by atoms with E-state index in [-0.39, 0.29) is 0 Å². The lowest BCUT2D eigenvalue weighted by Crippen LogP contribution is -1.95. The topological polar surface area (TPSA) is 0 Å². The van der Waals surface area contributed by atoms with Gasteiger partial charge in [0.25, 0.3) is 0 Å². The van der Waals surface area contributed by atoms with Crippen LogP contribution in [0.1, 0.15) is 0 Å². The van der Waals surface area contributed by atoms with E-state index in [4.69, 9.17) is 0 Å². The average molecular weight is 1740 g/mol. The summed E-state index contributed by atoms with van der Waals surface area (Å²) >= 11 is 0. The number of benzene rings is 27. The molecule has 0 bridgehead atoms. The lowest BCUT2D eigenvalue weighted by Gasteiger charge is -2.22. The second-order valence-electron chi connectivity index (χ2n) is 37.0. The highest BCUT2D eigenvalue weighted by Crippen LogP contribution is 2.54. The standard InChI is InChI=1S/C138H86/c1-9-47-107-87(31-1)39-21-59-115(107)99-76-97(77-100(82-99)116-60-22-40-88-32-2-10-48-108(88)116)95-75-96(98-78-101(117-61-23-41-89-33-3-11-49-109(89)117)83-102(79-98)118-62-24-42-90-34-4-12-50-110(90)118)81-105(80-95)135-129-55-17-19-57-131(129)136(132-58-20-18-56-130(132)135)106-85-103(119-71-73-133(123-65-27-45-93-37-7-15-53-113(93)123)137-125(119)67-29-69-127(137)121-63-25-43-91-35-5-13-51-111(91)121)84-104(86-106)120-72-74-134(124-66-28-46-94-38-8-16-54-114(94)124)138-126(120)68-30-70-128(138)122-64-26-44-92-36-6-14-52-112(92)122/h1-86H. The van der Waals surface area contributed by atoms with Crippen LogP contribution in [0.3, 0.4) is 0 Å². The highest BCUT2D eigenvalue weighted by atomic mass is 14.3. The highest BCUT2D eigenvalue weighted by Gasteiger charge is 2.27. The quantitative estimate of drug-likeness (QED) is 0.0952. The Morgan fingerprint density at radius 1 is 0.0797 bits per heavy atom. The molecule has 0 amide bonds. The van der Waals surface area contributed by atoms with E-state index in [1.54, 1.807) is 0 Å². The van der Waals surface area contributed by atoms with Gasteiger partial charge in [-0.05, 0) is 358 Å². The third-order valence-corrected chi connectivity index (χ3v) is 29.3. The van der Waals surface area contributed by atoms with Gasteiger partial charge >= 0.3 is 0 Å². The van der Waals surface area contributed by atoms with E-state index in [0.717, 1.165) is 111 Å². The van der Waals surface area contributed by atoms with Crippen molar-refractivity contribution in [2.24, 2.45) is 0 Å². The second-order valence-corrected chi connectivity index (χ2v) is 37.0. The van der Waals surface area contributed by atoms with E-state index >= 15 is 0 Å². The van der Waals surface area contributed by atoms with Gasteiger partial charge in [-0.2, -0.15) is 0 Å². The molecule has 138 heavy (non-hydrogen) atoms. The van der Waals surface area contributed by atoms with E-state index in [1.807, 2.05) is 0 Å². The fourth-order valence-electron chi connectivity index (χ4n) is 23.1. The fourth-order valence-corrected chi connectivity index (χ4v) is 23.1. The van der Waals surface area contributed by atoms with Crippen molar-refractivity contribution >= 4 is 129 Å². The molecule has 27 aromatic carbocycles. The smallest absolute Gasteiger partial charge is 0.00201 e. The SMILES string of the molecule is c1ccc2c(-c3cc(-c4cc(-c5cc(-c6cccc7ccccc67)cc(-c6cccc7ccccc67)c5)cc(-c5c6ccccc6c(-c6cc(-c7ccc(-c8cccc9ccccc89)c8c(-c9cccc%10ccccc9%10)cccc78)cc(-c7ccc(-c8cccc9ccccc89)c8c(-c9cccc%10ccccc9%10)cccc78)c6)c6ccccc56)c4)cc(-c4cccc5ccccc45)c3)cccc2c1. The Hall–Kier alpha value is -17.9. The predicted octanol–water partition coefficient (Wildman–Crippen LogP) is 38.9. The maximum Gasteiger partial charge on any atom is -0.00201 e. The number of hydrogen-bond donors (Lipinski definition) is 0. The summed E-state index contributed by atoms with van der Waals surface area (Å²) in [4.78, 5) is 0. The maximum absolute atomic E-state index is 2.54. The summed E-state index contributed by atoms with van der Waals surface area (Å²) < 4.78 is 0. The molecule has 0 unspecified atom stereocenters. The van der Waals surface area contributed by atoms with Gasteiger partial charge in [0.15, 0.2) is 0 Å². The van der Waals surface area contributed by atoms with Crippen molar-refractivity contribution in [2.45, 2.75) is 0 Å². The third-order valence-electron chi connectivity index (χ3n) is 29.3. The maximum atomic E-state index is 2.54.